The van der Waals surface area contributed by atoms with Crippen LogP contribution >= 0.6 is 0 Å². The molecule has 1 aliphatic heterocycles. The molecule has 124 valence electrons. The van der Waals surface area contributed by atoms with Crippen LogP contribution in [0.15, 0.2) is 0 Å². The van der Waals surface area contributed by atoms with E-state index in [1.165, 1.54) is 31.5 Å². The lowest BCUT2D eigenvalue weighted by Crippen LogP contribution is -2.27. The zero-order valence-corrected chi connectivity index (χ0v) is 13.8. The summed E-state index contributed by atoms with van der Waals surface area (Å²) in [5.74, 6) is 3.32. The number of nitrogens with zero attached hydrogens (tertiary/aromatic N) is 3. The van der Waals surface area contributed by atoms with E-state index in [0.29, 0.717) is 17.9 Å². The third-order valence-electron chi connectivity index (χ3n) is 5.16. The van der Waals surface area contributed by atoms with Gasteiger partial charge >= 0.3 is 0 Å². The first-order chi connectivity index (χ1) is 10.8. The van der Waals surface area contributed by atoms with E-state index >= 15 is 0 Å². The van der Waals surface area contributed by atoms with Gasteiger partial charge in [0, 0.05) is 37.6 Å². The van der Waals surface area contributed by atoms with Crippen LogP contribution in [-0.2, 0) is 11.3 Å². The molecule has 2 aliphatic rings. The van der Waals surface area contributed by atoms with Gasteiger partial charge in [0.25, 0.3) is 0 Å². The van der Waals surface area contributed by atoms with E-state index in [-0.39, 0.29) is 0 Å². The molecule has 0 amide bonds. The lowest BCUT2D eigenvalue weighted by atomic mass is 9.86. The van der Waals surface area contributed by atoms with Crippen molar-refractivity contribution in [2.24, 2.45) is 5.73 Å². The van der Waals surface area contributed by atoms with Gasteiger partial charge in [-0.25, -0.2) is 9.67 Å². The molecule has 1 saturated heterocycles. The molecule has 0 radical (unpaired) electrons. The van der Waals surface area contributed by atoms with Crippen LogP contribution in [-0.4, -0.2) is 34.0 Å². The van der Waals surface area contributed by atoms with Gasteiger partial charge in [0.05, 0.1) is 0 Å². The molecule has 3 rings (SSSR count). The SMILES string of the molecule is CCCCn1nc(C2CCOCC2)nc1C1CCC(N)CC1. The van der Waals surface area contributed by atoms with E-state index in [1.807, 2.05) is 0 Å². The van der Waals surface area contributed by atoms with Gasteiger partial charge in [-0.15, -0.1) is 0 Å². The number of nitrogens with two attached hydrogens (primary N) is 1. The van der Waals surface area contributed by atoms with Crippen molar-refractivity contribution < 1.29 is 4.74 Å². The third-order valence-corrected chi connectivity index (χ3v) is 5.16. The van der Waals surface area contributed by atoms with Crippen LogP contribution in [0.4, 0.5) is 0 Å². The van der Waals surface area contributed by atoms with Crippen molar-refractivity contribution in [3.8, 4) is 0 Å². The molecule has 1 aromatic rings. The average Bonchev–Trinajstić information content (AvgIpc) is 2.98. The van der Waals surface area contributed by atoms with Crippen LogP contribution < -0.4 is 5.73 Å². The number of hydrogen-bond donors (Lipinski definition) is 1. The van der Waals surface area contributed by atoms with Gasteiger partial charge in [-0.2, -0.15) is 5.10 Å². The highest BCUT2D eigenvalue weighted by Gasteiger charge is 2.27. The van der Waals surface area contributed by atoms with Crippen LogP contribution in [0.2, 0.25) is 0 Å². The zero-order chi connectivity index (χ0) is 15.4. The van der Waals surface area contributed by atoms with Gasteiger partial charge in [-0.3, -0.25) is 0 Å². The summed E-state index contributed by atoms with van der Waals surface area (Å²) in [5.41, 5.74) is 6.06. The number of rotatable bonds is 5. The van der Waals surface area contributed by atoms with Crippen molar-refractivity contribution in [2.45, 2.75) is 82.7 Å². The molecule has 0 spiro atoms. The van der Waals surface area contributed by atoms with Crippen molar-refractivity contribution in [1.82, 2.24) is 14.8 Å². The van der Waals surface area contributed by atoms with Crippen LogP contribution in [0, 0.1) is 0 Å². The van der Waals surface area contributed by atoms with E-state index in [9.17, 15) is 0 Å². The first-order valence-corrected chi connectivity index (χ1v) is 9.06. The van der Waals surface area contributed by atoms with E-state index in [1.54, 1.807) is 0 Å². The summed E-state index contributed by atoms with van der Waals surface area (Å²) in [6.45, 7) is 4.93. The Balaban J connectivity index is 1.77. The molecule has 2 fully saturated rings. The molecule has 2 N–H and O–H groups in total. The van der Waals surface area contributed by atoms with Crippen LogP contribution in [0.3, 0.4) is 0 Å². The molecule has 1 saturated carbocycles. The largest absolute Gasteiger partial charge is 0.381 e. The first kappa shape index (κ1) is 15.9. The number of hydrogen-bond acceptors (Lipinski definition) is 4. The predicted octanol–water partition coefficient (Wildman–Crippen LogP) is 2.96. The summed E-state index contributed by atoms with van der Waals surface area (Å²) in [5, 5.41) is 4.88. The normalized spacial score (nSPS) is 27.2. The monoisotopic (exact) mass is 306 g/mol. The van der Waals surface area contributed by atoms with Crippen LogP contribution in [0.25, 0.3) is 0 Å². The van der Waals surface area contributed by atoms with E-state index in [2.05, 4.69) is 11.6 Å². The Hall–Kier alpha value is -0.940. The van der Waals surface area contributed by atoms with Crippen molar-refractivity contribution >= 4 is 0 Å². The lowest BCUT2D eigenvalue weighted by Gasteiger charge is -2.25. The smallest absolute Gasteiger partial charge is 0.154 e. The molecule has 1 aromatic heterocycles. The van der Waals surface area contributed by atoms with Gasteiger partial charge in [0.15, 0.2) is 5.82 Å². The highest BCUT2D eigenvalue weighted by atomic mass is 16.5. The fourth-order valence-corrected chi connectivity index (χ4v) is 3.65. The van der Waals surface area contributed by atoms with Gasteiger partial charge in [0.1, 0.15) is 5.82 Å². The number of unbranched alkanes of at least 4 members (excludes halogenated alkanes) is 1. The Bertz CT molecular complexity index is 459. The molecule has 0 atom stereocenters. The van der Waals surface area contributed by atoms with Crippen molar-refractivity contribution in [3.05, 3.63) is 11.6 Å². The lowest BCUT2D eigenvalue weighted by molar-refractivity contribution is 0.0835. The maximum atomic E-state index is 6.06. The summed E-state index contributed by atoms with van der Waals surface area (Å²) >= 11 is 0. The Labute approximate surface area is 133 Å². The molecule has 0 aromatic carbocycles. The molecular weight excluding hydrogens is 276 g/mol. The second-order valence-corrected chi connectivity index (χ2v) is 6.90. The van der Waals surface area contributed by atoms with E-state index < -0.39 is 0 Å². The summed E-state index contributed by atoms with van der Waals surface area (Å²) in [4.78, 5) is 4.99. The van der Waals surface area contributed by atoms with Gasteiger partial charge in [0.2, 0.25) is 0 Å². The highest BCUT2D eigenvalue weighted by Crippen LogP contribution is 2.33. The standard InChI is InChI=1S/C17H30N4O/c1-2-3-10-21-17(14-4-6-15(18)7-5-14)19-16(20-21)13-8-11-22-12-9-13/h13-15H,2-12,18H2,1H3. The minimum Gasteiger partial charge on any atom is -0.381 e. The maximum absolute atomic E-state index is 6.06. The summed E-state index contributed by atoms with van der Waals surface area (Å²) < 4.78 is 7.68. The minimum absolute atomic E-state index is 0.387. The molecule has 0 bridgehead atoms. The summed E-state index contributed by atoms with van der Waals surface area (Å²) in [6.07, 6.45) is 9.07. The van der Waals surface area contributed by atoms with Crippen LogP contribution in [0.5, 0.6) is 0 Å². The molecule has 1 aliphatic carbocycles. The van der Waals surface area contributed by atoms with E-state index in [0.717, 1.165) is 51.3 Å². The Morgan fingerprint density at radius 2 is 1.82 bits per heavy atom. The summed E-state index contributed by atoms with van der Waals surface area (Å²) in [6, 6.07) is 0.387. The Morgan fingerprint density at radius 3 is 2.50 bits per heavy atom. The molecule has 0 unspecified atom stereocenters. The fraction of sp³-hybridized carbons (Fsp3) is 0.882. The minimum atomic E-state index is 0.387. The number of aromatic nitrogens is 3. The Morgan fingerprint density at radius 1 is 1.09 bits per heavy atom. The van der Waals surface area contributed by atoms with Crippen LogP contribution in [0.1, 0.15) is 81.8 Å². The molecule has 2 heterocycles. The molecule has 5 heteroatoms. The quantitative estimate of drug-likeness (QED) is 0.908. The third kappa shape index (κ3) is 3.69. The maximum Gasteiger partial charge on any atom is 0.154 e. The fourth-order valence-electron chi connectivity index (χ4n) is 3.65. The van der Waals surface area contributed by atoms with Crippen molar-refractivity contribution in [1.29, 1.82) is 0 Å². The van der Waals surface area contributed by atoms with E-state index in [4.69, 9.17) is 20.6 Å². The zero-order valence-electron chi connectivity index (χ0n) is 13.8. The highest BCUT2D eigenvalue weighted by molar-refractivity contribution is 5.06. The first-order valence-electron chi connectivity index (χ1n) is 9.06. The number of ether oxygens (including phenoxy) is 1. The number of aryl methyl sites for hydroxylation is 1. The second kappa shape index (κ2) is 7.55. The summed E-state index contributed by atoms with van der Waals surface area (Å²) in [7, 11) is 0. The topological polar surface area (TPSA) is 66.0 Å². The van der Waals surface area contributed by atoms with Gasteiger partial charge in [-0.1, -0.05) is 13.3 Å². The van der Waals surface area contributed by atoms with Crippen molar-refractivity contribution in [2.75, 3.05) is 13.2 Å². The average molecular weight is 306 g/mol. The van der Waals surface area contributed by atoms with Gasteiger partial charge in [-0.05, 0) is 44.9 Å². The van der Waals surface area contributed by atoms with Crippen molar-refractivity contribution in [3.63, 3.8) is 0 Å². The predicted molar refractivity (Wildman–Crippen MR) is 86.9 cm³/mol. The molecule has 5 nitrogen and oxygen atoms in total. The molecular formula is C17H30N4O. The molecule has 22 heavy (non-hydrogen) atoms. The van der Waals surface area contributed by atoms with Gasteiger partial charge < -0.3 is 10.5 Å². The second-order valence-electron chi connectivity index (χ2n) is 6.90. The Kier molecular flexibility index (Phi) is 5.47.